The van der Waals surface area contributed by atoms with E-state index in [0.29, 0.717) is 18.8 Å². The molecule has 0 atom stereocenters. The first-order valence-electron chi connectivity index (χ1n) is 6.38. The standard InChI is InChI=1S/C15H16N2O4/c1-21-10-12-4-2-3-11(7-12)9-16-14-6-5-13(18)8-15(14)17(19)20/h2-8,16,18H,9-10H2,1H3. The quantitative estimate of drug-likeness (QED) is 0.485. The van der Waals surface area contributed by atoms with E-state index in [-0.39, 0.29) is 11.4 Å². The van der Waals surface area contributed by atoms with Gasteiger partial charge in [0.15, 0.2) is 0 Å². The van der Waals surface area contributed by atoms with Gasteiger partial charge >= 0.3 is 0 Å². The van der Waals surface area contributed by atoms with Gasteiger partial charge in [0.05, 0.1) is 17.6 Å². The molecular formula is C15H16N2O4. The number of phenolic OH excluding ortho intramolecular Hbond substituents is 1. The topological polar surface area (TPSA) is 84.6 Å². The van der Waals surface area contributed by atoms with Gasteiger partial charge in [-0.25, -0.2) is 0 Å². The zero-order valence-corrected chi connectivity index (χ0v) is 11.6. The molecule has 0 saturated carbocycles. The van der Waals surface area contributed by atoms with Crippen molar-refractivity contribution in [2.45, 2.75) is 13.2 Å². The highest BCUT2D eigenvalue weighted by molar-refractivity contribution is 5.63. The average Bonchev–Trinajstić information content (AvgIpc) is 2.46. The number of rotatable bonds is 6. The van der Waals surface area contributed by atoms with E-state index in [1.807, 2.05) is 24.3 Å². The Balaban J connectivity index is 2.13. The molecule has 0 fully saturated rings. The van der Waals surface area contributed by atoms with Gasteiger partial charge < -0.3 is 15.2 Å². The molecule has 0 heterocycles. The van der Waals surface area contributed by atoms with E-state index < -0.39 is 4.92 Å². The van der Waals surface area contributed by atoms with Gasteiger partial charge in [-0.1, -0.05) is 24.3 Å². The van der Waals surface area contributed by atoms with Crippen molar-refractivity contribution in [2.24, 2.45) is 0 Å². The first-order chi connectivity index (χ1) is 10.1. The van der Waals surface area contributed by atoms with Gasteiger partial charge in [0.2, 0.25) is 0 Å². The molecule has 0 unspecified atom stereocenters. The molecule has 0 saturated heterocycles. The summed E-state index contributed by atoms with van der Waals surface area (Å²) in [6.07, 6.45) is 0. The van der Waals surface area contributed by atoms with Gasteiger partial charge in [0.25, 0.3) is 5.69 Å². The van der Waals surface area contributed by atoms with Crippen molar-refractivity contribution in [1.82, 2.24) is 0 Å². The molecule has 0 aliphatic carbocycles. The Kier molecular flexibility index (Phi) is 4.73. The number of nitrogens with zero attached hydrogens (tertiary/aromatic N) is 1. The molecule has 6 nitrogen and oxygen atoms in total. The van der Waals surface area contributed by atoms with Crippen LogP contribution < -0.4 is 5.32 Å². The third-order valence-electron chi connectivity index (χ3n) is 2.96. The minimum absolute atomic E-state index is 0.130. The smallest absolute Gasteiger partial charge is 0.296 e. The summed E-state index contributed by atoms with van der Waals surface area (Å²) >= 11 is 0. The molecule has 0 aliphatic heterocycles. The lowest BCUT2D eigenvalue weighted by molar-refractivity contribution is -0.384. The summed E-state index contributed by atoms with van der Waals surface area (Å²) in [6.45, 7) is 0.969. The molecule has 0 aromatic heterocycles. The fourth-order valence-corrected chi connectivity index (χ4v) is 2.01. The summed E-state index contributed by atoms with van der Waals surface area (Å²) in [7, 11) is 1.63. The van der Waals surface area contributed by atoms with Crippen LogP contribution in [0, 0.1) is 10.1 Å². The number of nitro benzene ring substituents is 1. The molecule has 2 aromatic rings. The zero-order chi connectivity index (χ0) is 15.2. The number of nitrogens with one attached hydrogen (secondary N) is 1. The van der Waals surface area contributed by atoms with Crippen LogP contribution in [-0.4, -0.2) is 17.1 Å². The van der Waals surface area contributed by atoms with Crippen LogP contribution in [0.2, 0.25) is 0 Å². The Bertz CT molecular complexity index is 643. The van der Waals surface area contributed by atoms with Crippen molar-refractivity contribution in [3.63, 3.8) is 0 Å². The second-order valence-corrected chi connectivity index (χ2v) is 4.57. The summed E-state index contributed by atoms with van der Waals surface area (Å²) in [5, 5.41) is 23.3. The predicted octanol–water partition coefficient (Wildman–Crippen LogP) is 3.06. The van der Waals surface area contributed by atoms with Crippen LogP contribution in [0.1, 0.15) is 11.1 Å². The van der Waals surface area contributed by atoms with E-state index >= 15 is 0 Å². The summed E-state index contributed by atoms with van der Waals surface area (Å²) in [6, 6.07) is 11.8. The fraction of sp³-hybridized carbons (Fsp3) is 0.200. The number of phenols is 1. The summed E-state index contributed by atoms with van der Waals surface area (Å²) in [4.78, 5) is 10.4. The van der Waals surface area contributed by atoms with Crippen LogP contribution >= 0.6 is 0 Å². The molecule has 110 valence electrons. The van der Waals surface area contributed by atoms with E-state index in [1.54, 1.807) is 7.11 Å². The maximum Gasteiger partial charge on any atom is 0.296 e. The van der Waals surface area contributed by atoms with Crippen LogP contribution in [0.25, 0.3) is 0 Å². The number of anilines is 1. The number of ether oxygens (including phenoxy) is 1. The van der Waals surface area contributed by atoms with E-state index in [2.05, 4.69) is 5.32 Å². The van der Waals surface area contributed by atoms with Crippen molar-refractivity contribution in [3.05, 3.63) is 63.7 Å². The third-order valence-corrected chi connectivity index (χ3v) is 2.96. The number of benzene rings is 2. The van der Waals surface area contributed by atoms with E-state index in [9.17, 15) is 15.2 Å². The van der Waals surface area contributed by atoms with Crippen LogP contribution in [-0.2, 0) is 17.9 Å². The van der Waals surface area contributed by atoms with E-state index in [4.69, 9.17) is 4.74 Å². The summed E-state index contributed by atoms with van der Waals surface area (Å²) in [5.74, 6) is -0.130. The van der Waals surface area contributed by atoms with Gasteiger partial charge in [-0.05, 0) is 23.3 Å². The summed E-state index contributed by atoms with van der Waals surface area (Å²) < 4.78 is 5.07. The highest BCUT2D eigenvalue weighted by Crippen LogP contribution is 2.28. The number of hydrogen-bond acceptors (Lipinski definition) is 5. The lowest BCUT2D eigenvalue weighted by Crippen LogP contribution is -2.03. The number of methoxy groups -OCH3 is 1. The second kappa shape index (κ2) is 6.71. The molecular weight excluding hydrogens is 272 g/mol. The fourth-order valence-electron chi connectivity index (χ4n) is 2.01. The number of nitro groups is 1. The van der Waals surface area contributed by atoms with Gasteiger partial charge in [-0.3, -0.25) is 10.1 Å². The Hall–Kier alpha value is -2.60. The van der Waals surface area contributed by atoms with Crippen LogP contribution in [0.5, 0.6) is 5.75 Å². The van der Waals surface area contributed by atoms with Crippen molar-refractivity contribution in [1.29, 1.82) is 0 Å². The molecule has 0 radical (unpaired) electrons. The number of aromatic hydroxyl groups is 1. The predicted molar refractivity (Wildman–Crippen MR) is 79.2 cm³/mol. The van der Waals surface area contributed by atoms with Gasteiger partial charge in [-0.15, -0.1) is 0 Å². The van der Waals surface area contributed by atoms with Gasteiger partial charge in [0.1, 0.15) is 11.4 Å². The van der Waals surface area contributed by atoms with Crippen molar-refractivity contribution >= 4 is 11.4 Å². The largest absolute Gasteiger partial charge is 0.508 e. The third kappa shape index (κ3) is 3.93. The molecule has 0 aliphatic rings. The Morgan fingerprint density at radius 3 is 2.71 bits per heavy atom. The van der Waals surface area contributed by atoms with E-state index in [0.717, 1.165) is 17.2 Å². The van der Waals surface area contributed by atoms with Crippen molar-refractivity contribution < 1.29 is 14.8 Å². The van der Waals surface area contributed by atoms with E-state index in [1.165, 1.54) is 12.1 Å². The van der Waals surface area contributed by atoms with Gasteiger partial charge in [0, 0.05) is 13.7 Å². The molecule has 0 spiro atoms. The maximum atomic E-state index is 11.0. The van der Waals surface area contributed by atoms with Gasteiger partial charge in [-0.2, -0.15) is 0 Å². The first-order valence-corrected chi connectivity index (χ1v) is 6.38. The highest BCUT2D eigenvalue weighted by atomic mass is 16.6. The molecule has 0 amide bonds. The maximum absolute atomic E-state index is 11.0. The van der Waals surface area contributed by atoms with Crippen LogP contribution in [0.15, 0.2) is 42.5 Å². The molecule has 6 heteroatoms. The molecule has 2 aromatic carbocycles. The Labute approximate surface area is 122 Å². The molecule has 21 heavy (non-hydrogen) atoms. The monoisotopic (exact) mass is 288 g/mol. The van der Waals surface area contributed by atoms with Crippen molar-refractivity contribution in [2.75, 3.05) is 12.4 Å². The highest BCUT2D eigenvalue weighted by Gasteiger charge is 2.14. The zero-order valence-electron chi connectivity index (χ0n) is 11.6. The minimum atomic E-state index is -0.524. The average molecular weight is 288 g/mol. The van der Waals surface area contributed by atoms with Crippen LogP contribution in [0.4, 0.5) is 11.4 Å². The molecule has 0 bridgehead atoms. The lowest BCUT2D eigenvalue weighted by atomic mass is 10.1. The summed E-state index contributed by atoms with van der Waals surface area (Å²) in [5.41, 5.74) is 2.25. The van der Waals surface area contributed by atoms with Crippen LogP contribution in [0.3, 0.4) is 0 Å². The Morgan fingerprint density at radius 1 is 1.24 bits per heavy atom. The second-order valence-electron chi connectivity index (χ2n) is 4.57. The molecule has 2 N–H and O–H groups in total. The lowest BCUT2D eigenvalue weighted by Gasteiger charge is -2.09. The normalized spacial score (nSPS) is 10.3. The molecule has 2 rings (SSSR count). The first kappa shape index (κ1) is 14.8. The number of hydrogen-bond donors (Lipinski definition) is 2. The minimum Gasteiger partial charge on any atom is -0.508 e. The Morgan fingerprint density at radius 2 is 2.00 bits per heavy atom. The SMILES string of the molecule is COCc1cccc(CNc2ccc(O)cc2[N+](=O)[O-])c1. The van der Waals surface area contributed by atoms with Crippen molar-refractivity contribution in [3.8, 4) is 5.75 Å².